The van der Waals surface area contributed by atoms with Crippen LogP contribution < -0.4 is 5.32 Å². The Labute approximate surface area is 80.1 Å². The van der Waals surface area contributed by atoms with Gasteiger partial charge in [0, 0.05) is 17.9 Å². The van der Waals surface area contributed by atoms with Gasteiger partial charge in [-0.2, -0.15) is 0 Å². The van der Waals surface area contributed by atoms with E-state index in [0.717, 1.165) is 32.4 Å². The van der Waals surface area contributed by atoms with Crippen LogP contribution in [-0.4, -0.2) is 18.9 Å². The van der Waals surface area contributed by atoms with Gasteiger partial charge in [0.2, 0.25) is 0 Å². The third-order valence-corrected chi connectivity index (χ3v) is 3.69. The maximum Gasteiger partial charge on any atom is 0.143 e. The van der Waals surface area contributed by atoms with Crippen LogP contribution in [0.3, 0.4) is 0 Å². The zero-order valence-electron chi connectivity index (χ0n) is 8.44. The van der Waals surface area contributed by atoms with Crippen molar-refractivity contribution in [3.05, 3.63) is 0 Å². The molecule has 74 valence electrons. The summed E-state index contributed by atoms with van der Waals surface area (Å²) in [5, 5.41) is 3.30. The van der Waals surface area contributed by atoms with Crippen molar-refractivity contribution >= 4 is 5.78 Å². The van der Waals surface area contributed by atoms with E-state index in [1.807, 2.05) is 0 Å². The highest BCUT2D eigenvalue weighted by atomic mass is 16.1. The predicted molar refractivity (Wildman–Crippen MR) is 52.6 cm³/mol. The summed E-state index contributed by atoms with van der Waals surface area (Å²) in [6, 6.07) is 0. The minimum absolute atomic E-state index is 0.0327. The van der Waals surface area contributed by atoms with E-state index in [9.17, 15) is 4.79 Å². The number of rotatable bonds is 2. The largest absolute Gasteiger partial charge is 0.316 e. The summed E-state index contributed by atoms with van der Waals surface area (Å²) in [7, 11) is 0. The zero-order valence-corrected chi connectivity index (χ0v) is 8.44. The summed E-state index contributed by atoms with van der Waals surface area (Å²) in [4.78, 5) is 12.1. The van der Waals surface area contributed by atoms with E-state index in [2.05, 4.69) is 12.2 Å². The van der Waals surface area contributed by atoms with Crippen LogP contribution in [0, 0.1) is 11.3 Å². The van der Waals surface area contributed by atoms with E-state index < -0.39 is 0 Å². The number of hydrogen-bond donors (Lipinski definition) is 1. The summed E-state index contributed by atoms with van der Waals surface area (Å²) in [5.74, 6) is 0.930. The van der Waals surface area contributed by atoms with E-state index in [1.54, 1.807) is 0 Å². The Morgan fingerprint density at radius 3 is 2.62 bits per heavy atom. The van der Waals surface area contributed by atoms with Gasteiger partial charge in [0.15, 0.2) is 0 Å². The third-order valence-electron chi connectivity index (χ3n) is 3.69. The van der Waals surface area contributed by atoms with Crippen molar-refractivity contribution in [3.8, 4) is 0 Å². The van der Waals surface area contributed by atoms with Crippen LogP contribution in [0.15, 0.2) is 0 Å². The molecule has 1 aliphatic heterocycles. The summed E-state index contributed by atoms with van der Waals surface area (Å²) < 4.78 is 0. The molecular weight excluding hydrogens is 162 g/mol. The standard InChI is InChI=1S/C11H19NO/c1-11(6-7-12-8-11)10(13)9-4-2-3-5-9/h9,12H,2-8H2,1H3. The first-order chi connectivity index (χ1) is 6.22. The van der Waals surface area contributed by atoms with Gasteiger partial charge < -0.3 is 5.32 Å². The minimum atomic E-state index is -0.0327. The lowest BCUT2D eigenvalue weighted by Gasteiger charge is -2.24. The van der Waals surface area contributed by atoms with Gasteiger partial charge in [-0.15, -0.1) is 0 Å². The van der Waals surface area contributed by atoms with E-state index >= 15 is 0 Å². The Balaban J connectivity index is 2.02. The summed E-state index contributed by atoms with van der Waals surface area (Å²) in [6.45, 7) is 4.06. The fraction of sp³-hybridized carbons (Fsp3) is 0.909. The topological polar surface area (TPSA) is 29.1 Å². The molecule has 1 saturated heterocycles. The smallest absolute Gasteiger partial charge is 0.143 e. The molecule has 2 rings (SSSR count). The molecule has 2 fully saturated rings. The number of carbonyl (C=O) groups is 1. The van der Waals surface area contributed by atoms with E-state index in [-0.39, 0.29) is 5.41 Å². The summed E-state index contributed by atoms with van der Waals surface area (Å²) in [6.07, 6.45) is 5.87. The molecule has 0 radical (unpaired) electrons. The molecule has 1 saturated carbocycles. The molecule has 0 aromatic rings. The number of ketones is 1. The molecule has 1 N–H and O–H groups in total. The number of carbonyl (C=O) groups excluding carboxylic acids is 1. The van der Waals surface area contributed by atoms with Crippen molar-refractivity contribution in [2.75, 3.05) is 13.1 Å². The molecule has 2 nitrogen and oxygen atoms in total. The molecule has 2 heteroatoms. The van der Waals surface area contributed by atoms with Gasteiger partial charge in [0.25, 0.3) is 0 Å². The monoisotopic (exact) mass is 181 g/mol. The van der Waals surface area contributed by atoms with Crippen LogP contribution in [0.4, 0.5) is 0 Å². The highest BCUT2D eigenvalue weighted by molar-refractivity contribution is 5.87. The number of hydrogen-bond acceptors (Lipinski definition) is 2. The van der Waals surface area contributed by atoms with Crippen molar-refractivity contribution < 1.29 is 4.79 Å². The normalized spacial score (nSPS) is 35.5. The van der Waals surface area contributed by atoms with Crippen molar-refractivity contribution in [2.45, 2.75) is 39.0 Å². The predicted octanol–water partition coefficient (Wildman–Crippen LogP) is 1.75. The lowest BCUT2D eigenvalue weighted by molar-refractivity contribution is -0.130. The van der Waals surface area contributed by atoms with E-state index in [1.165, 1.54) is 12.8 Å². The highest BCUT2D eigenvalue weighted by Gasteiger charge is 2.40. The molecule has 1 aliphatic carbocycles. The van der Waals surface area contributed by atoms with Crippen LogP contribution in [0.5, 0.6) is 0 Å². The lowest BCUT2D eigenvalue weighted by atomic mass is 9.78. The minimum Gasteiger partial charge on any atom is -0.316 e. The summed E-state index contributed by atoms with van der Waals surface area (Å²) in [5.41, 5.74) is -0.0327. The molecule has 1 unspecified atom stereocenters. The fourth-order valence-electron chi connectivity index (χ4n) is 2.71. The van der Waals surface area contributed by atoms with Gasteiger partial charge in [-0.05, 0) is 25.8 Å². The van der Waals surface area contributed by atoms with Crippen LogP contribution in [0.2, 0.25) is 0 Å². The Morgan fingerprint density at radius 1 is 1.38 bits per heavy atom. The molecule has 0 aromatic carbocycles. The second kappa shape index (κ2) is 3.41. The summed E-state index contributed by atoms with van der Waals surface area (Å²) >= 11 is 0. The third kappa shape index (κ3) is 1.64. The molecule has 2 aliphatic rings. The van der Waals surface area contributed by atoms with Gasteiger partial charge >= 0.3 is 0 Å². The molecule has 13 heavy (non-hydrogen) atoms. The van der Waals surface area contributed by atoms with Crippen molar-refractivity contribution in [1.29, 1.82) is 0 Å². The Morgan fingerprint density at radius 2 is 2.08 bits per heavy atom. The van der Waals surface area contributed by atoms with Crippen LogP contribution in [-0.2, 0) is 4.79 Å². The lowest BCUT2D eigenvalue weighted by Crippen LogP contribution is -2.34. The van der Waals surface area contributed by atoms with Crippen molar-refractivity contribution in [3.63, 3.8) is 0 Å². The molecule has 1 atom stereocenters. The maximum atomic E-state index is 12.1. The Hall–Kier alpha value is -0.370. The van der Waals surface area contributed by atoms with E-state index in [0.29, 0.717) is 11.7 Å². The molecule has 0 bridgehead atoms. The Bertz CT molecular complexity index is 200. The van der Waals surface area contributed by atoms with E-state index in [4.69, 9.17) is 0 Å². The van der Waals surface area contributed by atoms with Gasteiger partial charge in [-0.25, -0.2) is 0 Å². The molecule has 0 aromatic heterocycles. The molecule has 0 amide bonds. The first kappa shape index (κ1) is 9.20. The second-order valence-electron chi connectivity index (χ2n) is 4.83. The quantitative estimate of drug-likeness (QED) is 0.703. The average Bonchev–Trinajstić information content (AvgIpc) is 2.73. The molecule has 0 spiro atoms. The van der Waals surface area contributed by atoms with Crippen molar-refractivity contribution in [1.82, 2.24) is 5.32 Å². The Kier molecular flexibility index (Phi) is 2.41. The van der Waals surface area contributed by atoms with Gasteiger partial charge in [-0.1, -0.05) is 19.8 Å². The second-order valence-corrected chi connectivity index (χ2v) is 4.83. The first-order valence-electron chi connectivity index (χ1n) is 5.47. The van der Waals surface area contributed by atoms with Crippen LogP contribution >= 0.6 is 0 Å². The zero-order chi connectivity index (χ0) is 9.31. The van der Waals surface area contributed by atoms with Gasteiger partial charge in [0.1, 0.15) is 5.78 Å². The highest BCUT2D eigenvalue weighted by Crippen LogP contribution is 2.35. The molecular formula is C11H19NO. The number of Topliss-reactive ketones (excluding diaryl/α,β-unsaturated/α-hetero) is 1. The van der Waals surface area contributed by atoms with Gasteiger partial charge in [-0.3, -0.25) is 4.79 Å². The first-order valence-corrected chi connectivity index (χ1v) is 5.47. The maximum absolute atomic E-state index is 12.1. The fourth-order valence-corrected chi connectivity index (χ4v) is 2.71. The SMILES string of the molecule is CC1(C(=O)C2CCCC2)CCNC1. The molecule has 1 heterocycles. The number of nitrogens with one attached hydrogen (secondary N) is 1. The average molecular weight is 181 g/mol. The van der Waals surface area contributed by atoms with Crippen LogP contribution in [0.25, 0.3) is 0 Å². The van der Waals surface area contributed by atoms with Gasteiger partial charge in [0.05, 0.1) is 0 Å². The van der Waals surface area contributed by atoms with Crippen molar-refractivity contribution in [2.24, 2.45) is 11.3 Å². The van der Waals surface area contributed by atoms with Crippen LogP contribution in [0.1, 0.15) is 39.0 Å².